The van der Waals surface area contributed by atoms with Crippen molar-refractivity contribution >= 4 is 11.4 Å². The molecule has 19 heavy (non-hydrogen) atoms. The quantitative estimate of drug-likeness (QED) is 0.656. The molecule has 2 rings (SSSR count). The normalized spacial score (nSPS) is 12.5. The van der Waals surface area contributed by atoms with E-state index >= 15 is 0 Å². The second kappa shape index (κ2) is 5.40. The highest BCUT2D eigenvalue weighted by Gasteiger charge is 2.13. The summed E-state index contributed by atoms with van der Waals surface area (Å²) in [6, 6.07) is 18.8. The number of aliphatic imine (C=N–C) groups is 1. The summed E-state index contributed by atoms with van der Waals surface area (Å²) in [5, 5.41) is 0. The molecule has 0 radical (unpaired) electrons. The average molecular weight is 251 g/mol. The lowest BCUT2D eigenvalue weighted by atomic mass is 9.86. The Bertz CT molecular complexity index is 557. The van der Waals surface area contributed by atoms with Gasteiger partial charge >= 0.3 is 0 Å². The van der Waals surface area contributed by atoms with Crippen LogP contribution in [0.1, 0.15) is 38.8 Å². The van der Waals surface area contributed by atoms with Crippen LogP contribution in [0.15, 0.2) is 59.6 Å². The van der Waals surface area contributed by atoms with Crippen molar-refractivity contribution in [2.45, 2.75) is 33.1 Å². The van der Waals surface area contributed by atoms with Gasteiger partial charge in [0.25, 0.3) is 0 Å². The van der Waals surface area contributed by atoms with E-state index in [-0.39, 0.29) is 5.41 Å². The minimum atomic E-state index is 0.197. The molecule has 0 spiro atoms. The predicted molar refractivity (Wildman–Crippen MR) is 83.5 cm³/mol. The van der Waals surface area contributed by atoms with Crippen LogP contribution in [-0.2, 0) is 5.41 Å². The fourth-order valence-electron chi connectivity index (χ4n) is 1.97. The highest BCUT2D eigenvalue weighted by molar-refractivity contribution is 6.00. The summed E-state index contributed by atoms with van der Waals surface area (Å²) in [6.45, 7) is 8.74. The Balaban J connectivity index is 2.25. The largest absolute Gasteiger partial charge is 0.253 e. The van der Waals surface area contributed by atoms with Gasteiger partial charge in [-0.3, -0.25) is 4.99 Å². The molecular formula is C18H21N. The Kier molecular flexibility index (Phi) is 3.84. The van der Waals surface area contributed by atoms with Crippen LogP contribution in [0.25, 0.3) is 0 Å². The number of hydrogen-bond donors (Lipinski definition) is 0. The van der Waals surface area contributed by atoms with Crippen LogP contribution >= 0.6 is 0 Å². The zero-order valence-electron chi connectivity index (χ0n) is 12.1. The Morgan fingerprint density at radius 2 is 1.42 bits per heavy atom. The molecule has 98 valence electrons. The number of benzene rings is 2. The fourth-order valence-corrected chi connectivity index (χ4v) is 1.97. The van der Waals surface area contributed by atoms with Crippen molar-refractivity contribution in [3.05, 3.63) is 65.7 Å². The first-order chi connectivity index (χ1) is 8.97. The molecule has 1 nitrogen and oxygen atoms in total. The molecule has 0 N–H and O–H groups in total. The molecule has 0 aromatic heterocycles. The smallest absolute Gasteiger partial charge is 0.0633 e. The maximum Gasteiger partial charge on any atom is 0.0633 e. The van der Waals surface area contributed by atoms with Gasteiger partial charge in [0, 0.05) is 5.71 Å². The lowest BCUT2D eigenvalue weighted by Crippen LogP contribution is -2.11. The fraction of sp³-hybridized carbons (Fsp3) is 0.278. The van der Waals surface area contributed by atoms with Crippen LogP contribution in [0.4, 0.5) is 5.69 Å². The van der Waals surface area contributed by atoms with E-state index in [2.05, 4.69) is 57.0 Å². The molecule has 0 unspecified atom stereocenters. The van der Waals surface area contributed by atoms with Gasteiger partial charge in [0.15, 0.2) is 0 Å². The van der Waals surface area contributed by atoms with Gasteiger partial charge in [0.2, 0.25) is 0 Å². The van der Waals surface area contributed by atoms with Gasteiger partial charge in [0.1, 0.15) is 0 Å². The van der Waals surface area contributed by atoms with Crippen LogP contribution in [-0.4, -0.2) is 5.71 Å². The first-order valence-electron chi connectivity index (χ1n) is 6.68. The average Bonchev–Trinajstić information content (AvgIpc) is 2.39. The van der Waals surface area contributed by atoms with Crippen molar-refractivity contribution in [2.24, 2.45) is 4.99 Å². The Morgan fingerprint density at radius 3 is 1.95 bits per heavy atom. The summed E-state index contributed by atoms with van der Waals surface area (Å²) in [7, 11) is 0. The molecule has 0 atom stereocenters. The summed E-state index contributed by atoms with van der Waals surface area (Å²) in [5.74, 6) is 0. The van der Waals surface area contributed by atoms with Gasteiger partial charge in [-0.15, -0.1) is 0 Å². The SMILES string of the molecule is CC(=Nc1ccccc1)c1ccc(C(C)(C)C)cc1. The Labute approximate surface area is 116 Å². The van der Waals surface area contributed by atoms with Crippen LogP contribution in [0, 0.1) is 0 Å². The van der Waals surface area contributed by atoms with E-state index in [9.17, 15) is 0 Å². The van der Waals surface area contributed by atoms with Crippen LogP contribution in [0.5, 0.6) is 0 Å². The summed E-state index contributed by atoms with van der Waals surface area (Å²) in [5.41, 5.74) is 4.77. The van der Waals surface area contributed by atoms with Crippen LogP contribution in [0.2, 0.25) is 0 Å². The lowest BCUT2D eigenvalue weighted by Gasteiger charge is -2.19. The molecule has 0 aliphatic heterocycles. The predicted octanol–water partition coefficient (Wildman–Crippen LogP) is 5.12. The summed E-state index contributed by atoms with van der Waals surface area (Å²) in [6.07, 6.45) is 0. The number of hydrogen-bond acceptors (Lipinski definition) is 1. The maximum atomic E-state index is 4.64. The molecule has 0 heterocycles. The molecule has 0 fully saturated rings. The van der Waals surface area contributed by atoms with Crippen molar-refractivity contribution in [3.63, 3.8) is 0 Å². The minimum Gasteiger partial charge on any atom is -0.253 e. The third-order valence-corrected chi connectivity index (χ3v) is 3.22. The number of rotatable bonds is 2. The molecule has 2 aromatic rings. The second-order valence-electron chi connectivity index (χ2n) is 5.86. The summed E-state index contributed by atoms with van der Waals surface area (Å²) >= 11 is 0. The van der Waals surface area contributed by atoms with E-state index in [1.54, 1.807) is 0 Å². The van der Waals surface area contributed by atoms with Crippen LogP contribution < -0.4 is 0 Å². The molecule has 2 aromatic carbocycles. The van der Waals surface area contributed by atoms with E-state index in [1.807, 2.05) is 30.3 Å². The molecule has 0 amide bonds. The highest BCUT2D eigenvalue weighted by Crippen LogP contribution is 2.22. The number of nitrogens with zero attached hydrogens (tertiary/aromatic N) is 1. The van der Waals surface area contributed by atoms with Gasteiger partial charge in [-0.2, -0.15) is 0 Å². The summed E-state index contributed by atoms with van der Waals surface area (Å²) < 4.78 is 0. The molecule has 0 aliphatic carbocycles. The zero-order chi connectivity index (χ0) is 13.9. The van der Waals surface area contributed by atoms with Crippen molar-refractivity contribution in [1.29, 1.82) is 0 Å². The first-order valence-corrected chi connectivity index (χ1v) is 6.68. The van der Waals surface area contributed by atoms with Gasteiger partial charge in [0.05, 0.1) is 5.69 Å². The first kappa shape index (κ1) is 13.5. The van der Waals surface area contributed by atoms with E-state index in [0.717, 1.165) is 11.4 Å². The van der Waals surface area contributed by atoms with Crippen LogP contribution in [0.3, 0.4) is 0 Å². The molecule has 0 bridgehead atoms. The van der Waals surface area contributed by atoms with Crippen molar-refractivity contribution in [3.8, 4) is 0 Å². The molecule has 0 saturated heterocycles. The Morgan fingerprint density at radius 1 is 0.842 bits per heavy atom. The monoisotopic (exact) mass is 251 g/mol. The van der Waals surface area contributed by atoms with E-state index in [4.69, 9.17) is 0 Å². The zero-order valence-corrected chi connectivity index (χ0v) is 12.1. The van der Waals surface area contributed by atoms with Crippen molar-refractivity contribution < 1.29 is 0 Å². The molecule has 1 heteroatoms. The minimum absolute atomic E-state index is 0.197. The van der Waals surface area contributed by atoms with Gasteiger partial charge in [-0.25, -0.2) is 0 Å². The second-order valence-corrected chi connectivity index (χ2v) is 5.86. The van der Waals surface area contributed by atoms with Gasteiger partial charge < -0.3 is 0 Å². The topological polar surface area (TPSA) is 12.4 Å². The molecular weight excluding hydrogens is 230 g/mol. The molecule has 0 saturated carbocycles. The van der Waals surface area contributed by atoms with E-state index in [1.165, 1.54) is 11.1 Å². The van der Waals surface area contributed by atoms with Crippen molar-refractivity contribution in [2.75, 3.05) is 0 Å². The Hall–Kier alpha value is -1.89. The standard InChI is InChI=1S/C18H21N/c1-14(19-17-8-6-5-7-9-17)15-10-12-16(13-11-15)18(2,3)4/h5-13H,1-4H3. The third-order valence-electron chi connectivity index (χ3n) is 3.22. The number of para-hydroxylation sites is 1. The van der Waals surface area contributed by atoms with E-state index < -0.39 is 0 Å². The summed E-state index contributed by atoms with van der Waals surface area (Å²) in [4.78, 5) is 4.64. The van der Waals surface area contributed by atoms with Crippen molar-refractivity contribution in [1.82, 2.24) is 0 Å². The van der Waals surface area contributed by atoms with E-state index in [0.29, 0.717) is 0 Å². The maximum absolute atomic E-state index is 4.64. The lowest BCUT2D eigenvalue weighted by molar-refractivity contribution is 0.590. The third kappa shape index (κ3) is 3.54. The highest BCUT2D eigenvalue weighted by atomic mass is 14.7. The van der Waals surface area contributed by atoms with Gasteiger partial charge in [-0.1, -0.05) is 63.2 Å². The van der Waals surface area contributed by atoms with Gasteiger partial charge in [-0.05, 0) is 35.6 Å². The molecule has 0 aliphatic rings.